The molecule has 0 aliphatic heterocycles. The van der Waals surface area contributed by atoms with Gasteiger partial charge in [-0.3, -0.25) is 4.72 Å². The molecule has 2 rings (SSSR count). The average Bonchev–Trinajstić information content (AvgIpc) is 2.56. The summed E-state index contributed by atoms with van der Waals surface area (Å²) in [7, 11) is -3.35. The van der Waals surface area contributed by atoms with Gasteiger partial charge in [0.15, 0.2) is 0 Å². The summed E-state index contributed by atoms with van der Waals surface area (Å²) < 4.78 is 26.0. The smallest absolute Gasteiger partial charge is 0.319 e. The monoisotopic (exact) mass is 429 g/mol. The molecule has 146 valence electrons. The standard InChI is InChI=1S/C18H21Cl2N3O3S/c1-3-10-27(25,26)23-15-7-5-14(6-8-15)22-18(24)21-12(2)16-9-4-13(19)11-17(16)20/h4-9,11-12,23H,3,10H2,1-2H3,(H2,21,22,24). The molecule has 2 aromatic carbocycles. The molecule has 0 fully saturated rings. The molecule has 3 N–H and O–H groups in total. The van der Waals surface area contributed by atoms with Crippen molar-refractivity contribution in [2.45, 2.75) is 26.3 Å². The highest BCUT2D eigenvalue weighted by molar-refractivity contribution is 7.92. The predicted octanol–water partition coefficient (Wildman–Crippen LogP) is 5.03. The minimum atomic E-state index is -3.35. The third-order valence-corrected chi connectivity index (χ3v) is 5.72. The van der Waals surface area contributed by atoms with Crippen molar-refractivity contribution in [1.29, 1.82) is 0 Å². The topological polar surface area (TPSA) is 87.3 Å². The van der Waals surface area contributed by atoms with Gasteiger partial charge in [-0.2, -0.15) is 0 Å². The van der Waals surface area contributed by atoms with E-state index in [1.807, 2.05) is 0 Å². The first-order valence-corrected chi connectivity index (χ1v) is 10.7. The van der Waals surface area contributed by atoms with Gasteiger partial charge in [-0.25, -0.2) is 13.2 Å². The van der Waals surface area contributed by atoms with Gasteiger partial charge in [0.1, 0.15) is 0 Å². The van der Waals surface area contributed by atoms with Crippen LogP contribution in [0.2, 0.25) is 10.0 Å². The zero-order valence-corrected chi connectivity index (χ0v) is 17.3. The number of hydrogen-bond acceptors (Lipinski definition) is 3. The summed E-state index contributed by atoms with van der Waals surface area (Å²) >= 11 is 12.0. The van der Waals surface area contributed by atoms with Crippen molar-refractivity contribution in [2.75, 3.05) is 15.8 Å². The van der Waals surface area contributed by atoms with Crippen LogP contribution in [0.3, 0.4) is 0 Å². The number of rotatable bonds is 7. The lowest BCUT2D eigenvalue weighted by Gasteiger charge is -2.16. The zero-order chi connectivity index (χ0) is 20.0. The lowest BCUT2D eigenvalue weighted by Crippen LogP contribution is -2.31. The van der Waals surface area contributed by atoms with Crippen LogP contribution in [0.1, 0.15) is 31.9 Å². The lowest BCUT2D eigenvalue weighted by atomic mass is 10.1. The number of benzene rings is 2. The molecule has 0 spiro atoms. The van der Waals surface area contributed by atoms with Gasteiger partial charge in [-0.15, -0.1) is 0 Å². The first-order valence-electron chi connectivity index (χ1n) is 8.33. The first kappa shape index (κ1) is 21.3. The second-order valence-corrected chi connectivity index (χ2v) is 8.67. The number of nitrogens with one attached hydrogen (secondary N) is 3. The summed E-state index contributed by atoms with van der Waals surface area (Å²) in [5, 5.41) is 6.47. The molecule has 0 bridgehead atoms. The Balaban J connectivity index is 1.95. The molecular weight excluding hydrogens is 409 g/mol. The van der Waals surface area contributed by atoms with Gasteiger partial charge in [0.05, 0.1) is 11.8 Å². The Labute approximate surface area is 169 Å². The van der Waals surface area contributed by atoms with Gasteiger partial charge < -0.3 is 10.6 Å². The Kier molecular flexibility index (Phi) is 7.35. The SMILES string of the molecule is CCCS(=O)(=O)Nc1ccc(NC(=O)NC(C)c2ccc(Cl)cc2Cl)cc1. The molecule has 6 nitrogen and oxygen atoms in total. The van der Waals surface area contributed by atoms with Gasteiger partial charge in [0.25, 0.3) is 0 Å². The van der Waals surface area contributed by atoms with Crippen molar-refractivity contribution in [3.05, 3.63) is 58.1 Å². The summed E-state index contributed by atoms with van der Waals surface area (Å²) in [4.78, 5) is 12.2. The summed E-state index contributed by atoms with van der Waals surface area (Å²) in [6.07, 6.45) is 0.533. The minimum absolute atomic E-state index is 0.0561. The number of urea groups is 1. The van der Waals surface area contributed by atoms with Crippen molar-refractivity contribution in [3.63, 3.8) is 0 Å². The number of carbonyl (C=O) groups excluding carboxylic acids is 1. The van der Waals surface area contributed by atoms with Crippen molar-refractivity contribution in [1.82, 2.24) is 5.32 Å². The maximum atomic E-state index is 12.2. The fourth-order valence-electron chi connectivity index (χ4n) is 2.42. The van der Waals surface area contributed by atoms with Crippen LogP contribution in [0.15, 0.2) is 42.5 Å². The normalized spacial score (nSPS) is 12.3. The molecule has 27 heavy (non-hydrogen) atoms. The summed E-state index contributed by atoms with van der Waals surface area (Å²) in [6, 6.07) is 10.7. The van der Waals surface area contributed by atoms with E-state index in [9.17, 15) is 13.2 Å². The van der Waals surface area contributed by atoms with Crippen molar-refractivity contribution in [2.24, 2.45) is 0 Å². The lowest BCUT2D eigenvalue weighted by molar-refractivity contribution is 0.249. The first-order chi connectivity index (χ1) is 12.7. The highest BCUT2D eigenvalue weighted by atomic mass is 35.5. The molecule has 0 saturated heterocycles. The molecule has 2 amide bonds. The Bertz CT molecular complexity index is 903. The van der Waals surface area contributed by atoms with Crippen LogP contribution in [-0.4, -0.2) is 20.2 Å². The highest BCUT2D eigenvalue weighted by Gasteiger charge is 2.13. The Morgan fingerprint density at radius 3 is 2.30 bits per heavy atom. The van der Waals surface area contributed by atoms with E-state index in [0.717, 1.165) is 5.56 Å². The number of amides is 2. The highest BCUT2D eigenvalue weighted by Crippen LogP contribution is 2.26. The minimum Gasteiger partial charge on any atom is -0.331 e. The third kappa shape index (κ3) is 6.61. The molecule has 0 aliphatic rings. The van der Waals surface area contributed by atoms with Crippen LogP contribution >= 0.6 is 23.2 Å². The molecule has 2 aromatic rings. The van der Waals surface area contributed by atoms with Gasteiger partial charge in [0, 0.05) is 21.4 Å². The zero-order valence-electron chi connectivity index (χ0n) is 14.9. The summed E-state index contributed by atoms with van der Waals surface area (Å²) in [5.41, 5.74) is 1.72. The van der Waals surface area contributed by atoms with Crippen LogP contribution < -0.4 is 15.4 Å². The Morgan fingerprint density at radius 2 is 1.70 bits per heavy atom. The second-order valence-electron chi connectivity index (χ2n) is 5.98. The number of halogens is 2. The van der Waals surface area contributed by atoms with Gasteiger partial charge >= 0.3 is 6.03 Å². The van der Waals surface area contributed by atoms with Crippen LogP contribution in [0, 0.1) is 0 Å². The predicted molar refractivity (Wildman–Crippen MR) is 111 cm³/mol. The number of sulfonamides is 1. The van der Waals surface area contributed by atoms with Gasteiger partial charge in [0.2, 0.25) is 10.0 Å². The Morgan fingerprint density at radius 1 is 1.07 bits per heavy atom. The van der Waals surface area contributed by atoms with Crippen LogP contribution in [0.5, 0.6) is 0 Å². The maximum Gasteiger partial charge on any atom is 0.319 e. The van der Waals surface area contributed by atoms with Crippen LogP contribution in [0.4, 0.5) is 16.2 Å². The number of carbonyl (C=O) groups is 1. The Hall–Kier alpha value is -1.96. The van der Waals surface area contributed by atoms with E-state index in [1.165, 1.54) is 0 Å². The average molecular weight is 430 g/mol. The maximum absolute atomic E-state index is 12.2. The van der Waals surface area contributed by atoms with E-state index in [2.05, 4.69) is 15.4 Å². The summed E-state index contributed by atoms with van der Waals surface area (Å²) in [6.45, 7) is 3.60. The molecule has 0 aliphatic carbocycles. The largest absolute Gasteiger partial charge is 0.331 e. The van der Waals surface area contributed by atoms with E-state index in [4.69, 9.17) is 23.2 Å². The molecular formula is C18H21Cl2N3O3S. The van der Waals surface area contributed by atoms with Crippen molar-refractivity contribution in [3.8, 4) is 0 Å². The number of hydrogen-bond donors (Lipinski definition) is 3. The molecule has 0 saturated carbocycles. The van der Waals surface area contributed by atoms with E-state index in [1.54, 1.807) is 56.3 Å². The van der Waals surface area contributed by atoms with E-state index < -0.39 is 16.1 Å². The molecule has 0 aromatic heterocycles. The third-order valence-electron chi connectivity index (χ3n) is 3.67. The van der Waals surface area contributed by atoms with Gasteiger partial charge in [-0.05, 0) is 55.3 Å². The molecule has 9 heteroatoms. The van der Waals surface area contributed by atoms with Crippen molar-refractivity contribution < 1.29 is 13.2 Å². The molecule has 0 heterocycles. The van der Waals surface area contributed by atoms with Crippen molar-refractivity contribution >= 4 is 50.6 Å². The van der Waals surface area contributed by atoms with E-state index >= 15 is 0 Å². The van der Waals surface area contributed by atoms with Crippen LogP contribution in [0.25, 0.3) is 0 Å². The quantitative estimate of drug-likeness (QED) is 0.576. The number of anilines is 2. The second kappa shape index (κ2) is 9.30. The molecule has 1 atom stereocenters. The summed E-state index contributed by atoms with van der Waals surface area (Å²) in [5.74, 6) is 0.0561. The molecule has 0 radical (unpaired) electrons. The fraction of sp³-hybridized carbons (Fsp3) is 0.278. The van der Waals surface area contributed by atoms with E-state index in [0.29, 0.717) is 27.8 Å². The molecule has 1 unspecified atom stereocenters. The van der Waals surface area contributed by atoms with Gasteiger partial charge in [-0.1, -0.05) is 36.2 Å². The van der Waals surface area contributed by atoms with Crippen LogP contribution in [-0.2, 0) is 10.0 Å². The van der Waals surface area contributed by atoms with E-state index in [-0.39, 0.29) is 11.8 Å². The fourth-order valence-corrected chi connectivity index (χ4v) is 4.12.